The topological polar surface area (TPSA) is 95.0 Å². The van der Waals surface area contributed by atoms with Crippen molar-refractivity contribution in [2.75, 3.05) is 5.73 Å². The molecule has 1 aromatic heterocycles. The molecule has 2 N–H and O–H groups in total. The normalized spacial score (nSPS) is 35.0. The number of Topliss-reactive ketones (excluding diaryl/α,β-unsaturated/α-hetero) is 2. The van der Waals surface area contributed by atoms with E-state index in [4.69, 9.17) is 19.4 Å². The molecule has 1 atom stereocenters. The summed E-state index contributed by atoms with van der Waals surface area (Å²) in [6.07, 6.45) is -8.36. The van der Waals surface area contributed by atoms with Crippen LogP contribution in [0.2, 0.25) is 0 Å². The number of aryl methyl sites for hydroxylation is 1. The van der Waals surface area contributed by atoms with Crippen molar-refractivity contribution >= 4 is 28.2 Å². The first-order chi connectivity index (χ1) is 13.9. The average Bonchev–Trinajstić information content (AvgIpc) is 2.62. The fourth-order valence-corrected chi connectivity index (χ4v) is 1.99. The van der Waals surface area contributed by atoms with Gasteiger partial charge in [0.15, 0.2) is 5.78 Å². The molecule has 0 spiro atoms. The van der Waals surface area contributed by atoms with Gasteiger partial charge in [0.05, 0.1) is 27.5 Å². The highest BCUT2D eigenvalue weighted by Gasteiger charge is 2.30. The van der Waals surface area contributed by atoms with Crippen LogP contribution in [0.5, 0.6) is 0 Å². The fraction of sp³-hybridized carbons (Fsp3) is 0.333. The number of rotatable bonds is 1. The lowest BCUT2D eigenvalue weighted by atomic mass is 9.92. The number of carbonyl (C=O) groups is 2. The summed E-state index contributed by atoms with van der Waals surface area (Å²) < 4.78 is 79.0. The number of nitrogen functional groups attached to an aromatic ring is 1. The molecule has 2 aromatic rings. The third kappa shape index (κ3) is 2.12. The Bertz CT molecular complexity index is 1220. The van der Waals surface area contributed by atoms with Gasteiger partial charge in [-0.15, -0.1) is 0 Å². The molecule has 1 saturated carbocycles. The number of anilines is 1. The van der Waals surface area contributed by atoms with Crippen LogP contribution in [-0.2, 0) is 9.59 Å². The molecule has 0 bridgehead atoms. The Morgan fingerprint density at radius 1 is 1.57 bits per heavy atom. The van der Waals surface area contributed by atoms with E-state index in [9.17, 15) is 14.4 Å². The molecule has 108 valence electrons. The van der Waals surface area contributed by atoms with E-state index in [0.29, 0.717) is 0 Å². The lowest BCUT2D eigenvalue weighted by molar-refractivity contribution is -0.132. The lowest BCUT2D eigenvalue weighted by Crippen LogP contribution is -2.36. The van der Waals surface area contributed by atoms with Gasteiger partial charge in [-0.3, -0.25) is 19.0 Å². The molecule has 0 aliphatic heterocycles. The van der Waals surface area contributed by atoms with Crippen LogP contribution >= 0.6 is 0 Å². The van der Waals surface area contributed by atoms with E-state index in [2.05, 4.69) is 4.98 Å². The number of fused-ring (bicyclic) bond motifs is 1. The monoisotopic (exact) mass is 295 g/mol. The van der Waals surface area contributed by atoms with E-state index in [-0.39, 0.29) is 4.57 Å². The highest BCUT2D eigenvalue weighted by molar-refractivity contribution is 6.03. The first-order valence-corrected chi connectivity index (χ1v) is 5.80. The van der Waals surface area contributed by atoms with Crippen LogP contribution in [0.1, 0.15) is 44.7 Å². The first-order valence-electron chi connectivity index (χ1n) is 10.8. The Balaban J connectivity index is 2.61. The number of aromatic nitrogens is 2. The summed E-state index contributed by atoms with van der Waals surface area (Å²) in [5.41, 5.74) is 3.21. The Morgan fingerprint density at radius 2 is 2.38 bits per heavy atom. The standard InChI is InChI=1S/C15H15N3O3/c1-8-17-11-4-2-3-10(16)14(11)15(21)18(8)12-6-5-9(19)7-13(12)20/h2-4,12H,5-7,16H2,1H3/i1D3,2D,4D,5D2,6D2,12D. The van der Waals surface area contributed by atoms with Gasteiger partial charge in [0.1, 0.15) is 11.6 Å². The summed E-state index contributed by atoms with van der Waals surface area (Å²) in [5, 5.41) is -0.637. The van der Waals surface area contributed by atoms with Gasteiger partial charge in [0.25, 0.3) is 5.56 Å². The van der Waals surface area contributed by atoms with Crippen molar-refractivity contribution in [2.24, 2.45) is 0 Å². The second-order valence-electron chi connectivity index (χ2n) is 4.29. The second-order valence-corrected chi connectivity index (χ2v) is 4.29. The SMILES string of the molecule is [2H]c1cc(N)c2c(=O)n(C3([2H])C(=O)CC(=O)C([2H])([2H])C3([2H])[2H])c(C([2H])([2H])[2H])nc2c1[2H]. The molecule has 1 fully saturated rings. The van der Waals surface area contributed by atoms with Crippen LogP contribution in [-0.4, -0.2) is 21.1 Å². The molecule has 1 aliphatic rings. The predicted molar refractivity (Wildman–Crippen MR) is 78.1 cm³/mol. The zero-order chi connectivity index (χ0) is 23.9. The molecule has 1 heterocycles. The predicted octanol–water partition coefficient (Wildman–Crippen LogP) is 1.15. The first kappa shape index (κ1) is 6.09. The van der Waals surface area contributed by atoms with Crippen molar-refractivity contribution in [2.45, 2.75) is 32.0 Å². The van der Waals surface area contributed by atoms with Crippen LogP contribution in [0.25, 0.3) is 10.9 Å². The number of ketones is 2. The molecule has 1 aliphatic carbocycles. The molecule has 1 aromatic carbocycles. The second kappa shape index (κ2) is 4.80. The molecular formula is C15H15N3O3. The number of nitrogens with two attached hydrogens (primary N) is 1. The largest absolute Gasteiger partial charge is 0.398 e. The van der Waals surface area contributed by atoms with Crippen LogP contribution in [0.15, 0.2) is 22.9 Å². The summed E-state index contributed by atoms with van der Waals surface area (Å²) in [7, 11) is 0. The van der Waals surface area contributed by atoms with Crippen LogP contribution < -0.4 is 11.3 Å². The van der Waals surface area contributed by atoms with Gasteiger partial charge in [-0.05, 0) is 25.3 Å². The Morgan fingerprint density at radius 3 is 3.14 bits per heavy atom. The summed E-state index contributed by atoms with van der Waals surface area (Å²) in [5.74, 6) is -4.29. The smallest absolute Gasteiger partial charge is 0.264 e. The number of benzene rings is 1. The van der Waals surface area contributed by atoms with E-state index < -0.39 is 83.7 Å². The molecule has 6 nitrogen and oxygen atoms in total. The van der Waals surface area contributed by atoms with Crippen LogP contribution in [0.3, 0.4) is 0 Å². The van der Waals surface area contributed by atoms with Crippen molar-refractivity contribution in [1.82, 2.24) is 9.55 Å². The highest BCUT2D eigenvalue weighted by atomic mass is 16.2. The van der Waals surface area contributed by atoms with E-state index >= 15 is 0 Å². The molecule has 0 saturated heterocycles. The van der Waals surface area contributed by atoms with Crippen molar-refractivity contribution in [3.8, 4) is 0 Å². The van der Waals surface area contributed by atoms with Crippen LogP contribution in [0.4, 0.5) is 5.69 Å². The fourth-order valence-electron chi connectivity index (χ4n) is 1.99. The van der Waals surface area contributed by atoms with Gasteiger partial charge in [-0.2, -0.15) is 0 Å². The maximum absolute atomic E-state index is 13.3. The Kier molecular flexibility index (Phi) is 1.39. The van der Waals surface area contributed by atoms with Crippen molar-refractivity contribution < 1.29 is 23.3 Å². The summed E-state index contributed by atoms with van der Waals surface area (Å²) in [6, 6.07) is -3.79. The van der Waals surface area contributed by atoms with Gasteiger partial charge in [0, 0.05) is 21.7 Å². The maximum atomic E-state index is 13.3. The Hall–Kier alpha value is -2.50. The number of hydrogen-bond donors (Lipinski definition) is 1. The van der Waals surface area contributed by atoms with Crippen molar-refractivity contribution in [3.05, 3.63) is 34.3 Å². The molecule has 21 heavy (non-hydrogen) atoms. The quantitative estimate of drug-likeness (QED) is 0.629. The van der Waals surface area contributed by atoms with E-state index in [1.807, 2.05) is 0 Å². The molecule has 0 radical (unpaired) electrons. The van der Waals surface area contributed by atoms with E-state index in [1.54, 1.807) is 0 Å². The molecule has 0 amide bonds. The van der Waals surface area contributed by atoms with E-state index in [0.717, 1.165) is 6.07 Å². The molecule has 1 unspecified atom stereocenters. The van der Waals surface area contributed by atoms with Gasteiger partial charge < -0.3 is 5.73 Å². The average molecular weight is 295 g/mol. The molecule has 6 heteroatoms. The zero-order valence-electron chi connectivity index (χ0n) is 20.5. The number of hydrogen-bond acceptors (Lipinski definition) is 5. The van der Waals surface area contributed by atoms with Crippen molar-refractivity contribution in [1.29, 1.82) is 0 Å². The summed E-state index contributed by atoms with van der Waals surface area (Å²) in [6.45, 7) is -3.33. The molecular weight excluding hydrogens is 270 g/mol. The summed E-state index contributed by atoms with van der Waals surface area (Å²) >= 11 is 0. The van der Waals surface area contributed by atoms with Crippen molar-refractivity contribution in [3.63, 3.8) is 0 Å². The lowest BCUT2D eigenvalue weighted by Gasteiger charge is -2.24. The number of nitrogens with zero attached hydrogens (tertiary/aromatic N) is 2. The summed E-state index contributed by atoms with van der Waals surface area (Å²) in [4.78, 5) is 41.7. The van der Waals surface area contributed by atoms with E-state index in [1.165, 1.54) is 0 Å². The minimum Gasteiger partial charge on any atom is -0.398 e. The van der Waals surface area contributed by atoms with Crippen LogP contribution in [0, 0.1) is 6.85 Å². The van der Waals surface area contributed by atoms with Gasteiger partial charge in [-0.1, -0.05) is 6.04 Å². The molecule has 3 rings (SSSR count). The minimum atomic E-state index is -3.68. The Labute approximate surface area is 134 Å². The third-order valence-corrected chi connectivity index (χ3v) is 2.92. The minimum absolute atomic E-state index is 0.103. The van der Waals surface area contributed by atoms with Gasteiger partial charge >= 0.3 is 0 Å². The third-order valence-electron chi connectivity index (χ3n) is 2.92. The number of carbonyl (C=O) groups excluding carboxylic acids is 2. The van der Waals surface area contributed by atoms with Gasteiger partial charge in [0.2, 0.25) is 0 Å². The zero-order valence-corrected chi connectivity index (χ0v) is 10.5. The maximum Gasteiger partial charge on any atom is 0.264 e. The highest BCUT2D eigenvalue weighted by Crippen LogP contribution is 2.24. The van der Waals surface area contributed by atoms with Gasteiger partial charge in [-0.25, -0.2) is 4.98 Å².